The average molecular weight is 430 g/mol. The standard InChI is InChI=1S/C21H24ClN5O3/c1-21(2,3)30-20(29)25-18-17-16(8-12-5-4-6-13(22)7-12)26-27(14-9-15(28)10-14)19(17)24-11-23-18/h4-7,11,14-15,28H,8-10H2,1-3H3,(H,23,24,25,29). The molecule has 9 heteroatoms. The number of carbonyl (C=O) groups excluding carboxylic acids is 1. The molecular formula is C21H24ClN5O3. The number of halogens is 1. The highest BCUT2D eigenvalue weighted by atomic mass is 35.5. The third kappa shape index (κ3) is 4.39. The van der Waals surface area contributed by atoms with Crippen LogP contribution in [-0.2, 0) is 11.2 Å². The molecule has 1 saturated carbocycles. The first kappa shape index (κ1) is 20.6. The Bertz CT molecular complexity index is 1090. The Labute approximate surface area is 179 Å². The van der Waals surface area contributed by atoms with Crippen molar-refractivity contribution in [3.05, 3.63) is 46.9 Å². The molecule has 1 aliphatic carbocycles. The van der Waals surface area contributed by atoms with Crippen LogP contribution < -0.4 is 5.32 Å². The highest BCUT2D eigenvalue weighted by Gasteiger charge is 2.32. The molecule has 0 atom stereocenters. The summed E-state index contributed by atoms with van der Waals surface area (Å²) in [5.41, 5.74) is 1.69. The Hall–Kier alpha value is -2.71. The Morgan fingerprint density at radius 3 is 2.77 bits per heavy atom. The fourth-order valence-corrected chi connectivity index (χ4v) is 3.73. The first-order valence-corrected chi connectivity index (χ1v) is 10.2. The number of amides is 1. The maximum Gasteiger partial charge on any atom is 0.413 e. The van der Waals surface area contributed by atoms with Gasteiger partial charge in [0.05, 0.1) is 23.2 Å². The number of rotatable bonds is 4. The molecule has 30 heavy (non-hydrogen) atoms. The van der Waals surface area contributed by atoms with Gasteiger partial charge in [-0.15, -0.1) is 0 Å². The van der Waals surface area contributed by atoms with E-state index in [1.165, 1.54) is 6.33 Å². The van der Waals surface area contributed by atoms with Crippen LogP contribution >= 0.6 is 11.6 Å². The quantitative estimate of drug-likeness (QED) is 0.646. The van der Waals surface area contributed by atoms with Crippen LogP contribution in [0.3, 0.4) is 0 Å². The zero-order chi connectivity index (χ0) is 21.5. The van der Waals surface area contributed by atoms with E-state index in [1.807, 2.05) is 28.9 Å². The van der Waals surface area contributed by atoms with E-state index >= 15 is 0 Å². The van der Waals surface area contributed by atoms with Crippen molar-refractivity contribution in [1.82, 2.24) is 19.7 Å². The van der Waals surface area contributed by atoms with Crippen molar-refractivity contribution < 1.29 is 14.6 Å². The molecule has 0 aliphatic heterocycles. The van der Waals surface area contributed by atoms with E-state index < -0.39 is 11.7 Å². The van der Waals surface area contributed by atoms with E-state index in [-0.39, 0.29) is 12.1 Å². The number of hydrogen-bond donors (Lipinski definition) is 2. The molecule has 1 fully saturated rings. The number of anilines is 1. The second-order valence-corrected chi connectivity index (χ2v) is 8.96. The summed E-state index contributed by atoms with van der Waals surface area (Å²) in [5, 5.41) is 18.6. The van der Waals surface area contributed by atoms with Crippen molar-refractivity contribution in [3.8, 4) is 0 Å². The summed E-state index contributed by atoms with van der Waals surface area (Å²) in [7, 11) is 0. The van der Waals surface area contributed by atoms with Crippen LogP contribution in [0.1, 0.15) is 50.9 Å². The lowest BCUT2D eigenvalue weighted by Crippen LogP contribution is -2.31. The molecule has 0 saturated heterocycles. The predicted octanol–water partition coefficient (Wildman–Crippen LogP) is 4.11. The third-order valence-corrected chi connectivity index (χ3v) is 5.11. The number of nitrogens with one attached hydrogen (secondary N) is 1. The smallest absolute Gasteiger partial charge is 0.413 e. The van der Waals surface area contributed by atoms with Gasteiger partial charge in [-0.1, -0.05) is 23.7 Å². The molecular weight excluding hydrogens is 406 g/mol. The van der Waals surface area contributed by atoms with Crippen LogP contribution in [0, 0.1) is 0 Å². The van der Waals surface area contributed by atoms with Crippen LogP contribution in [0.25, 0.3) is 11.0 Å². The van der Waals surface area contributed by atoms with Gasteiger partial charge in [-0.05, 0) is 51.3 Å². The van der Waals surface area contributed by atoms with Crippen molar-refractivity contribution in [3.63, 3.8) is 0 Å². The van der Waals surface area contributed by atoms with Crippen molar-refractivity contribution in [2.75, 3.05) is 5.32 Å². The predicted molar refractivity (Wildman–Crippen MR) is 114 cm³/mol. The van der Waals surface area contributed by atoms with Gasteiger partial charge < -0.3 is 9.84 Å². The maximum atomic E-state index is 12.4. The molecule has 4 rings (SSSR count). The maximum absolute atomic E-state index is 12.4. The van der Waals surface area contributed by atoms with E-state index in [0.29, 0.717) is 41.1 Å². The van der Waals surface area contributed by atoms with Crippen molar-refractivity contribution in [2.45, 2.75) is 57.8 Å². The van der Waals surface area contributed by atoms with Crippen LogP contribution in [0.2, 0.25) is 5.02 Å². The van der Waals surface area contributed by atoms with Gasteiger partial charge in [0.1, 0.15) is 17.7 Å². The van der Waals surface area contributed by atoms with Crippen LogP contribution in [0.4, 0.5) is 10.6 Å². The molecule has 1 aliphatic rings. The fraction of sp³-hybridized carbons (Fsp3) is 0.429. The molecule has 2 aromatic heterocycles. The van der Waals surface area contributed by atoms with E-state index in [9.17, 15) is 9.90 Å². The van der Waals surface area contributed by atoms with Gasteiger partial charge in [-0.25, -0.2) is 19.4 Å². The highest BCUT2D eigenvalue weighted by molar-refractivity contribution is 6.30. The summed E-state index contributed by atoms with van der Waals surface area (Å²) in [6.07, 6.45) is 2.20. The molecule has 8 nitrogen and oxygen atoms in total. The number of fused-ring (bicyclic) bond motifs is 1. The highest BCUT2D eigenvalue weighted by Crippen LogP contribution is 2.36. The minimum atomic E-state index is -0.633. The molecule has 0 unspecified atom stereocenters. The lowest BCUT2D eigenvalue weighted by molar-refractivity contribution is 0.0449. The SMILES string of the molecule is CC(C)(C)OC(=O)Nc1ncnc2c1c(Cc1cccc(Cl)c1)nn2C1CC(O)C1. The number of benzene rings is 1. The first-order chi connectivity index (χ1) is 14.2. The topological polar surface area (TPSA) is 102 Å². The number of aromatic nitrogens is 4. The molecule has 2 heterocycles. The largest absolute Gasteiger partial charge is 0.444 e. The lowest BCUT2D eigenvalue weighted by atomic mass is 9.90. The van der Waals surface area contributed by atoms with Crippen molar-refractivity contribution >= 4 is 34.5 Å². The number of aliphatic hydroxyl groups is 1. The summed E-state index contributed by atoms with van der Waals surface area (Å²) >= 11 is 6.14. The van der Waals surface area contributed by atoms with Gasteiger partial charge in [0.25, 0.3) is 0 Å². The normalized spacial score (nSPS) is 18.8. The van der Waals surface area contributed by atoms with Crippen molar-refractivity contribution in [1.29, 1.82) is 0 Å². The summed E-state index contributed by atoms with van der Waals surface area (Å²) in [6, 6.07) is 7.60. The molecule has 2 N–H and O–H groups in total. The molecule has 1 aromatic carbocycles. The summed E-state index contributed by atoms with van der Waals surface area (Å²) in [4.78, 5) is 21.1. The molecule has 0 spiro atoms. The summed E-state index contributed by atoms with van der Waals surface area (Å²) < 4.78 is 7.20. The van der Waals surface area contributed by atoms with Gasteiger partial charge >= 0.3 is 6.09 Å². The third-order valence-electron chi connectivity index (χ3n) is 4.88. The average Bonchev–Trinajstić information content (AvgIpc) is 2.96. The Balaban J connectivity index is 1.75. The van der Waals surface area contributed by atoms with Crippen LogP contribution in [0.5, 0.6) is 0 Å². The fourth-order valence-electron chi connectivity index (χ4n) is 3.52. The van der Waals surface area contributed by atoms with Gasteiger partial charge in [0.15, 0.2) is 5.65 Å². The Morgan fingerprint density at radius 1 is 1.33 bits per heavy atom. The molecule has 0 bridgehead atoms. The minimum absolute atomic E-state index is 0.0555. The molecule has 1 amide bonds. The molecule has 0 radical (unpaired) electrons. The lowest BCUT2D eigenvalue weighted by Gasteiger charge is -2.31. The number of carbonyl (C=O) groups is 1. The van der Waals surface area contributed by atoms with E-state index in [4.69, 9.17) is 21.4 Å². The van der Waals surface area contributed by atoms with Gasteiger partial charge in [-0.3, -0.25) is 5.32 Å². The van der Waals surface area contributed by atoms with Gasteiger partial charge in [0.2, 0.25) is 0 Å². The second kappa shape index (κ2) is 7.85. The number of ether oxygens (including phenoxy) is 1. The van der Waals surface area contributed by atoms with E-state index in [2.05, 4.69) is 15.3 Å². The molecule has 158 valence electrons. The Kier molecular flexibility index (Phi) is 5.38. The van der Waals surface area contributed by atoms with Crippen LogP contribution in [-0.4, -0.2) is 42.7 Å². The number of nitrogens with zero attached hydrogens (tertiary/aromatic N) is 4. The minimum Gasteiger partial charge on any atom is -0.444 e. The Morgan fingerprint density at radius 2 is 2.10 bits per heavy atom. The van der Waals surface area contributed by atoms with E-state index in [0.717, 1.165) is 11.3 Å². The van der Waals surface area contributed by atoms with Crippen LogP contribution in [0.15, 0.2) is 30.6 Å². The zero-order valence-corrected chi connectivity index (χ0v) is 17.8. The number of aliphatic hydroxyl groups excluding tert-OH is 1. The van der Waals surface area contributed by atoms with Gasteiger partial charge in [-0.2, -0.15) is 5.10 Å². The summed E-state index contributed by atoms with van der Waals surface area (Å²) in [5.74, 6) is 0.345. The molecule has 3 aromatic rings. The second-order valence-electron chi connectivity index (χ2n) is 8.52. The van der Waals surface area contributed by atoms with Gasteiger partial charge in [0, 0.05) is 11.4 Å². The zero-order valence-electron chi connectivity index (χ0n) is 17.1. The summed E-state index contributed by atoms with van der Waals surface area (Å²) in [6.45, 7) is 5.39. The first-order valence-electron chi connectivity index (χ1n) is 9.84. The van der Waals surface area contributed by atoms with E-state index in [1.54, 1.807) is 20.8 Å². The van der Waals surface area contributed by atoms with Crippen molar-refractivity contribution in [2.24, 2.45) is 0 Å². The monoisotopic (exact) mass is 429 g/mol. The number of hydrogen-bond acceptors (Lipinski definition) is 6.